The predicted molar refractivity (Wildman–Crippen MR) is 73.2 cm³/mol. The minimum Gasteiger partial charge on any atom is -0.508 e. The molecule has 4 heteroatoms. The lowest BCUT2D eigenvalue weighted by Gasteiger charge is -2.37. The highest BCUT2D eigenvalue weighted by atomic mass is 16.3. The van der Waals surface area contributed by atoms with Crippen LogP contribution in [0.2, 0.25) is 0 Å². The molecule has 0 heterocycles. The van der Waals surface area contributed by atoms with E-state index >= 15 is 0 Å². The number of benzene rings is 1. The van der Waals surface area contributed by atoms with Crippen LogP contribution in [0, 0.1) is 6.92 Å². The van der Waals surface area contributed by atoms with Crippen LogP contribution < -0.4 is 0 Å². The van der Waals surface area contributed by atoms with Gasteiger partial charge in [0.15, 0.2) is 0 Å². The summed E-state index contributed by atoms with van der Waals surface area (Å²) in [4.78, 5) is 14.4. The molecule has 0 unspecified atom stereocenters. The summed E-state index contributed by atoms with van der Waals surface area (Å²) in [5.41, 5.74) is 1.32. The Morgan fingerprint density at radius 2 is 2.16 bits per heavy atom. The highest BCUT2D eigenvalue weighted by Gasteiger charge is 2.29. The molecule has 1 aromatic carbocycles. The third-order valence-electron chi connectivity index (χ3n) is 3.78. The lowest BCUT2D eigenvalue weighted by molar-refractivity contribution is 0.0562. The van der Waals surface area contributed by atoms with E-state index in [1.807, 2.05) is 4.90 Å². The van der Waals surface area contributed by atoms with Crippen molar-refractivity contribution in [3.8, 4) is 5.75 Å². The summed E-state index contributed by atoms with van der Waals surface area (Å²) in [6, 6.07) is 5.26. The average Bonchev–Trinajstić information content (AvgIpc) is 2.34. The second-order valence-electron chi connectivity index (χ2n) is 5.16. The van der Waals surface area contributed by atoms with Crippen molar-refractivity contribution in [2.45, 2.75) is 38.6 Å². The quantitative estimate of drug-likeness (QED) is 0.855. The Labute approximate surface area is 113 Å². The van der Waals surface area contributed by atoms with Gasteiger partial charge in [0.05, 0.1) is 0 Å². The smallest absolute Gasteiger partial charge is 0.254 e. The number of hydrogen-bond acceptors (Lipinski definition) is 3. The molecule has 0 bridgehead atoms. The van der Waals surface area contributed by atoms with Crippen LogP contribution in [-0.2, 0) is 0 Å². The molecule has 2 rings (SSSR count). The number of rotatable bonds is 5. The Balaban J connectivity index is 2.15. The number of carbonyl (C=O) groups excluding carboxylic acids is 1. The van der Waals surface area contributed by atoms with Gasteiger partial charge < -0.3 is 15.1 Å². The van der Waals surface area contributed by atoms with Gasteiger partial charge in [-0.15, -0.1) is 0 Å². The first-order valence-electron chi connectivity index (χ1n) is 6.85. The maximum Gasteiger partial charge on any atom is 0.254 e. The number of carbonyl (C=O) groups is 1. The molecule has 2 N–H and O–H groups in total. The van der Waals surface area contributed by atoms with Gasteiger partial charge >= 0.3 is 0 Å². The number of aliphatic hydroxyl groups excluding tert-OH is 1. The van der Waals surface area contributed by atoms with E-state index in [1.165, 1.54) is 6.42 Å². The van der Waals surface area contributed by atoms with Crippen molar-refractivity contribution < 1.29 is 15.0 Å². The molecule has 1 aromatic rings. The van der Waals surface area contributed by atoms with E-state index in [0.717, 1.165) is 12.8 Å². The fraction of sp³-hybridized carbons (Fsp3) is 0.533. The van der Waals surface area contributed by atoms with Gasteiger partial charge in [0.2, 0.25) is 0 Å². The third-order valence-corrected chi connectivity index (χ3v) is 3.78. The molecule has 1 aliphatic carbocycles. The molecule has 1 fully saturated rings. The minimum atomic E-state index is 0.00116. The first-order chi connectivity index (χ1) is 9.13. The largest absolute Gasteiger partial charge is 0.508 e. The van der Waals surface area contributed by atoms with Crippen molar-refractivity contribution >= 4 is 5.91 Å². The summed E-state index contributed by atoms with van der Waals surface area (Å²) in [5, 5.41) is 18.5. The summed E-state index contributed by atoms with van der Waals surface area (Å²) >= 11 is 0. The number of amides is 1. The molecule has 1 saturated carbocycles. The van der Waals surface area contributed by atoms with Crippen LogP contribution in [-0.4, -0.2) is 40.2 Å². The molecule has 0 spiro atoms. The zero-order chi connectivity index (χ0) is 13.8. The van der Waals surface area contributed by atoms with Crippen LogP contribution in [0.15, 0.2) is 18.2 Å². The van der Waals surface area contributed by atoms with Crippen molar-refractivity contribution in [3.63, 3.8) is 0 Å². The molecule has 19 heavy (non-hydrogen) atoms. The Morgan fingerprint density at radius 1 is 1.42 bits per heavy atom. The topological polar surface area (TPSA) is 60.8 Å². The van der Waals surface area contributed by atoms with Gasteiger partial charge in [-0.3, -0.25) is 4.79 Å². The molecule has 1 aliphatic rings. The van der Waals surface area contributed by atoms with Crippen molar-refractivity contribution in [3.05, 3.63) is 29.3 Å². The maximum atomic E-state index is 12.5. The molecule has 0 atom stereocenters. The summed E-state index contributed by atoms with van der Waals surface area (Å²) in [5.74, 6) is 0.211. The van der Waals surface area contributed by atoms with E-state index in [4.69, 9.17) is 5.11 Å². The Hall–Kier alpha value is -1.55. The molecule has 0 saturated heterocycles. The van der Waals surface area contributed by atoms with E-state index < -0.39 is 0 Å². The van der Waals surface area contributed by atoms with Gasteiger partial charge in [0.25, 0.3) is 5.91 Å². The standard InChI is InChI=1S/C15H21NO3/c1-11-10-12(6-7-14(11)18)15(19)16(8-3-9-17)13-4-2-5-13/h6-7,10,13,17-18H,2-5,8-9H2,1H3. The number of aryl methyl sites for hydroxylation is 1. The second-order valence-corrected chi connectivity index (χ2v) is 5.16. The first kappa shape index (κ1) is 13.9. The average molecular weight is 263 g/mol. The zero-order valence-corrected chi connectivity index (χ0v) is 11.3. The van der Waals surface area contributed by atoms with E-state index in [1.54, 1.807) is 25.1 Å². The van der Waals surface area contributed by atoms with Crippen LogP contribution in [0.3, 0.4) is 0 Å². The van der Waals surface area contributed by atoms with Gasteiger partial charge in [-0.05, 0) is 56.4 Å². The normalized spacial score (nSPS) is 15.1. The molecule has 0 radical (unpaired) electrons. The van der Waals surface area contributed by atoms with E-state index in [2.05, 4.69) is 0 Å². The minimum absolute atomic E-state index is 0.00116. The fourth-order valence-corrected chi connectivity index (χ4v) is 2.34. The van der Waals surface area contributed by atoms with Crippen LogP contribution >= 0.6 is 0 Å². The highest BCUT2D eigenvalue weighted by Crippen LogP contribution is 2.27. The molecule has 1 amide bonds. The Morgan fingerprint density at radius 3 is 2.68 bits per heavy atom. The summed E-state index contributed by atoms with van der Waals surface area (Å²) in [6.45, 7) is 2.48. The Kier molecular flexibility index (Phi) is 4.43. The van der Waals surface area contributed by atoms with Gasteiger partial charge in [-0.1, -0.05) is 0 Å². The van der Waals surface area contributed by atoms with Gasteiger partial charge in [-0.2, -0.15) is 0 Å². The van der Waals surface area contributed by atoms with Crippen molar-refractivity contribution in [1.82, 2.24) is 4.90 Å². The molecule has 4 nitrogen and oxygen atoms in total. The van der Waals surface area contributed by atoms with E-state index in [0.29, 0.717) is 30.1 Å². The summed E-state index contributed by atoms with van der Waals surface area (Å²) in [6.07, 6.45) is 3.88. The summed E-state index contributed by atoms with van der Waals surface area (Å²) < 4.78 is 0. The number of hydrogen-bond donors (Lipinski definition) is 2. The number of aliphatic hydroxyl groups is 1. The molecular formula is C15H21NO3. The molecule has 0 aliphatic heterocycles. The zero-order valence-electron chi connectivity index (χ0n) is 11.3. The number of nitrogens with zero attached hydrogens (tertiary/aromatic N) is 1. The van der Waals surface area contributed by atoms with Gasteiger partial charge in [0, 0.05) is 24.8 Å². The second kappa shape index (κ2) is 6.06. The van der Waals surface area contributed by atoms with Crippen molar-refractivity contribution in [1.29, 1.82) is 0 Å². The Bertz CT molecular complexity index is 455. The van der Waals surface area contributed by atoms with E-state index in [-0.39, 0.29) is 18.3 Å². The highest BCUT2D eigenvalue weighted by molar-refractivity contribution is 5.94. The lowest BCUT2D eigenvalue weighted by atomic mass is 9.90. The van der Waals surface area contributed by atoms with E-state index in [9.17, 15) is 9.90 Å². The number of aromatic hydroxyl groups is 1. The molecule has 104 valence electrons. The SMILES string of the molecule is Cc1cc(C(=O)N(CCCO)C2CCC2)ccc1O. The van der Waals surface area contributed by atoms with Crippen LogP contribution in [0.4, 0.5) is 0 Å². The van der Waals surface area contributed by atoms with Crippen molar-refractivity contribution in [2.75, 3.05) is 13.2 Å². The maximum absolute atomic E-state index is 12.5. The van der Waals surface area contributed by atoms with Gasteiger partial charge in [-0.25, -0.2) is 0 Å². The predicted octanol–water partition coefficient (Wildman–Crippen LogP) is 2.08. The summed E-state index contributed by atoms with van der Waals surface area (Å²) in [7, 11) is 0. The van der Waals surface area contributed by atoms with Crippen LogP contribution in [0.5, 0.6) is 5.75 Å². The number of phenols is 1. The molecular weight excluding hydrogens is 242 g/mol. The van der Waals surface area contributed by atoms with Crippen LogP contribution in [0.25, 0.3) is 0 Å². The third kappa shape index (κ3) is 3.07. The monoisotopic (exact) mass is 263 g/mol. The fourth-order valence-electron chi connectivity index (χ4n) is 2.34. The van der Waals surface area contributed by atoms with Crippen molar-refractivity contribution in [2.24, 2.45) is 0 Å². The molecule has 0 aromatic heterocycles. The first-order valence-corrected chi connectivity index (χ1v) is 6.85. The number of phenolic OH excluding ortho intramolecular Hbond substituents is 1. The lowest BCUT2D eigenvalue weighted by Crippen LogP contribution is -2.45. The van der Waals surface area contributed by atoms with Crippen LogP contribution in [0.1, 0.15) is 41.6 Å². The van der Waals surface area contributed by atoms with Gasteiger partial charge in [0.1, 0.15) is 5.75 Å².